The number of nitrogens with two attached hydrogens (primary N) is 1. The maximum atomic E-state index is 12.5. The molecule has 20 heavy (non-hydrogen) atoms. The van der Waals surface area contributed by atoms with Crippen LogP contribution in [0.3, 0.4) is 0 Å². The van der Waals surface area contributed by atoms with E-state index < -0.39 is 0 Å². The van der Waals surface area contributed by atoms with Gasteiger partial charge < -0.3 is 15.5 Å². The van der Waals surface area contributed by atoms with E-state index in [2.05, 4.69) is 25.8 Å². The van der Waals surface area contributed by atoms with E-state index in [1.165, 1.54) is 11.3 Å². The summed E-state index contributed by atoms with van der Waals surface area (Å²) >= 11 is 1.38. The maximum Gasteiger partial charge on any atom is 0.267 e. The van der Waals surface area contributed by atoms with Gasteiger partial charge in [-0.1, -0.05) is 32.1 Å². The maximum absolute atomic E-state index is 12.5. The molecule has 1 aromatic heterocycles. The normalized spacial score (nSPS) is 10.9. The average molecular weight is 298 g/mol. The molecule has 6 heteroatoms. The van der Waals surface area contributed by atoms with Gasteiger partial charge >= 0.3 is 0 Å². The molecule has 0 aliphatic heterocycles. The monoisotopic (exact) mass is 298 g/mol. The molecule has 0 aliphatic rings. The number of hydrogen-bond acceptors (Lipinski definition) is 5. The summed E-state index contributed by atoms with van der Waals surface area (Å²) in [5, 5.41) is 0.811. The molecule has 0 saturated carbocycles. The topological polar surface area (TPSA) is 62.5 Å². The van der Waals surface area contributed by atoms with Gasteiger partial charge in [0.2, 0.25) is 0 Å². The molecule has 2 N–H and O–H groups in total. The van der Waals surface area contributed by atoms with Crippen molar-refractivity contribution >= 4 is 28.2 Å². The average Bonchev–Trinajstić information content (AvgIpc) is 2.81. The Bertz CT molecular complexity index is 442. The van der Waals surface area contributed by atoms with Crippen LogP contribution in [0.1, 0.15) is 49.7 Å². The summed E-state index contributed by atoms with van der Waals surface area (Å²) in [5.41, 5.74) is 5.92. The lowest BCUT2D eigenvalue weighted by Crippen LogP contribution is -2.36. The molecule has 0 aliphatic carbocycles. The number of amides is 1. The third-order valence-corrected chi connectivity index (χ3v) is 4.71. The van der Waals surface area contributed by atoms with Gasteiger partial charge in [0.1, 0.15) is 10.7 Å². The van der Waals surface area contributed by atoms with Crippen molar-refractivity contribution < 1.29 is 4.79 Å². The van der Waals surface area contributed by atoms with Crippen molar-refractivity contribution in [2.75, 3.05) is 31.3 Å². The number of rotatable bonds is 7. The second-order valence-corrected chi connectivity index (χ2v) is 6.00. The highest BCUT2D eigenvalue weighted by Crippen LogP contribution is 2.29. The molecule has 5 nitrogen and oxygen atoms in total. The molecule has 1 rings (SSSR count). The first-order valence-corrected chi connectivity index (χ1v) is 8.02. The van der Waals surface area contributed by atoms with Gasteiger partial charge in [-0.05, 0) is 19.3 Å². The van der Waals surface area contributed by atoms with Crippen molar-refractivity contribution in [2.24, 2.45) is 0 Å². The van der Waals surface area contributed by atoms with Crippen molar-refractivity contribution in [3.63, 3.8) is 0 Å². The first-order valence-electron chi connectivity index (χ1n) is 7.20. The summed E-state index contributed by atoms with van der Waals surface area (Å²) < 4.78 is 0. The van der Waals surface area contributed by atoms with E-state index in [0.29, 0.717) is 10.7 Å². The van der Waals surface area contributed by atoms with E-state index in [0.717, 1.165) is 30.9 Å². The molecule has 0 aromatic carbocycles. The van der Waals surface area contributed by atoms with Crippen LogP contribution in [0, 0.1) is 0 Å². The largest absolute Gasteiger partial charge is 0.382 e. The fourth-order valence-corrected chi connectivity index (χ4v) is 3.19. The molecule has 0 fully saturated rings. The van der Waals surface area contributed by atoms with Crippen LogP contribution in [0.25, 0.3) is 0 Å². The van der Waals surface area contributed by atoms with Crippen LogP contribution in [0.5, 0.6) is 0 Å². The number of anilines is 2. The zero-order valence-electron chi connectivity index (χ0n) is 13.1. The second-order valence-electron chi connectivity index (χ2n) is 5.02. The predicted molar refractivity (Wildman–Crippen MR) is 86.6 cm³/mol. The SMILES string of the molecule is CCCN(C)c1nc(N)c(C(=O)N(C)C(CC)CC)s1. The summed E-state index contributed by atoms with van der Waals surface area (Å²) in [6.45, 7) is 7.20. The molecule has 114 valence electrons. The Kier molecular flexibility index (Phi) is 6.26. The molecular formula is C14H26N4OS. The molecule has 0 atom stereocenters. The van der Waals surface area contributed by atoms with E-state index in [-0.39, 0.29) is 11.9 Å². The Balaban J connectivity index is 2.93. The third-order valence-electron chi connectivity index (χ3n) is 3.53. The van der Waals surface area contributed by atoms with Gasteiger partial charge in [0.25, 0.3) is 5.91 Å². The van der Waals surface area contributed by atoms with Crippen LogP contribution in [0.4, 0.5) is 10.9 Å². The van der Waals surface area contributed by atoms with Crippen molar-refractivity contribution in [2.45, 2.75) is 46.1 Å². The van der Waals surface area contributed by atoms with Crippen molar-refractivity contribution in [3.05, 3.63) is 4.88 Å². The number of carbonyl (C=O) groups excluding carboxylic acids is 1. The van der Waals surface area contributed by atoms with Crippen LogP contribution in [-0.2, 0) is 0 Å². The van der Waals surface area contributed by atoms with Gasteiger partial charge in [0.15, 0.2) is 5.13 Å². The number of carbonyl (C=O) groups is 1. The Morgan fingerprint density at radius 2 is 1.90 bits per heavy atom. The zero-order chi connectivity index (χ0) is 15.3. The lowest BCUT2D eigenvalue weighted by atomic mass is 10.1. The summed E-state index contributed by atoms with van der Waals surface area (Å²) in [7, 11) is 3.81. The van der Waals surface area contributed by atoms with Crippen molar-refractivity contribution in [1.82, 2.24) is 9.88 Å². The van der Waals surface area contributed by atoms with Gasteiger partial charge in [-0.3, -0.25) is 4.79 Å². The molecular weight excluding hydrogens is 272 g/mol. The molecule has 1 aromatic rings. The lowest BCUT2D eigenvalue weighted by molar-refractivity contribution is 0.0729. The van der Waals surface area contributed by atoms with Gasteiger partial charge in [-0.15, -0.1) is 0 Å². The summed E-state index contributed by atoms with van der Waals surface area (Å²) in [6.07, 6.45) is 2.92. The first kappa shape index (κ1) is 16.8. The van der Waals surface area contributed by atoms with E-state index in [4.69, 9.17) is 5.73 Å². The van der Waals surface area contributed by atoms with Gasteiger partial charge in [0.05, 0.1) is 0 Å². The van der Waals surface area contributed by atoms with E-state index >= 15 is 0 Å². The highest BCUT2D eigenvalue weighted by molar-refractivity contribution is 7.18. The number of nitrogens with zero attached hydrogens (tertiary/aromatic N) is 3. The Morgan fingerprint density at radius 3 is 2.40 bits per heavy atom. The van der Waals surface area contributed by atoms with E-state index in [1.54, 1.807) is 4.90 Å². The van der Waals surface area contributed by atoms with Crippen LogP contribution in [-0.4, -0.2) is 42.5 Å². The van der Waals surface area contributed by atoms with Crippen LogP contribution in [0.2, 0.25) is 0 Å². The number of thiazole rings is 1. The second kappa shape index (κ2) is 7.47. The first-order chi connectivity index (χ1) is 9.46. The van der Waals surface area contributed by atoms with Gasteiger partial charge in [-0.25, -0.2) is 4.98 Å². The van der Waals surface area contributed by atoms with Crippen LogP contribution in [0.15, 0.2) is 0 Å². The zero-order valence-corrected chi connectivity index (χ0v) is 14.0. The summed E-state index contributed by atoms with van der Waals surface area (Å²) in [4.78, 5) is 21.2. The minimum absolute atomic E-state index is 0.0233. The molecule has 1 heterocycles. The van der Waals surface area contributed by atoms with Gasteiger partial charge in [-0.2, -0.15) is 0 Å². The molecule has 0 unspecified atom stereocenters. The fourth-order valence-electron chi connectivity index (χ4n) is 2.23. The number of aromatic nitrogens is 1. The predicted octanol–water partition coefficient (Wildman–Crippen LogP) is 2.83. The molecule has 0 saturated heterocycles. The lowest BCUT2D eigenvalue weighted by Gasteiger charge is -2.25. The summed E-state index contributed by atoms with van der Waals surface area (Å²) in [6, 6.07) is 0.251. The molecule has 0 spiro atoms. The van der Waals surface area contributed by atoms with Crippen molar-refractivity contribution in [3.8, 4) is 0 Å². The van der Waals surface area contributed by atoms with Crippen LogP contribution < -0.4 is 10.6 Å². The highest BCUT2D eigenvalue weighted by Gasteiger charge is 2.24. The van der Waals surface area contributed by atoms with E-state index in [9.17, 15) is 4.79 Å². The van der Waals surface area contributed by atoms with Crippen molar-refractivity contribution in [1.29, 1.82) is 0 Å². The standard InChI is InChI=1S/C14H26N4OS/c1-6-9-17(4)14-16-12(15)11(20-14)13(19)18(5)10(7-2)8-3/h10H,6-9,15H2,1-5H3. The van der Waals surface area contributed by atoms with E-state index in [1.807, 2.05) is 19.0 Å². The molecule has 0 bridgehead atoms. The van der Waals surface area contributed by atoms with Crippen LogP contribution >= 0.6 is 11.3 Å². The molecule has 1 amide bonds. The fraction of sp³-hybridized carbons (Fsp3) is 0.714. The number of nitrogen functional groups attached to an aromatic ring is 1. The summed E-state index contributed by atoms with van der Waals surface area (Å²) in [5.74, 6) is 0.320. The third kappa shape index (κ3) is 3.62. The quantitative estimate of drug-likeness (QED) is 0.841. The smallest absolute Gasteiger partial charge is 0.267 e. The Morgan fingerprint density at radius 1 is 1.30 bits per heavy atom. The van der Waals surface area contributed by atoms with Gasteiger partial charge in [0, 0.05) is 26.7 Å². The Hall–Kier alpha value is -1.30. The number of hydrogen-bond donors (Lipinski definition) is 1. The highest BCUT2D eigenvalue weighted by atomic mass is 32.1. The molecule has 0 radical (unpaired) electrons. The Labute approximate surface area is 125 Å². The minimum atomic E-state index is -0.0233. The minimum Gasteiger partial charge on any atom is -0.382 e.